The summed E-state index contributed by atoms with van der Waals surface area (Å²) in [6.45, 7) is 0.563. The Morgan fingerprint density at radius 3 is 2.74 bits per heavy atom. The number of quaternary nitrogens is 1. The predicted molar refractivity (Wildman–Crippen MR) is 84.0 cm³/mol. The lowest BCUT2D eigenvalue weighted by Crippen LogP contribution is -3.04. The van der Waals surface area contributed by atoms with E-state index in [2.05, 4.69) is 10.2 Å². The summed E-state index contributed by atoms with van der Waals surface area (Å²) >= 11 is 0. The zero-order valence-electron chi connectivity index (χ0n) is 12.9. The highest BCUT2D eigenvalue weighted by Crippen LogP contribution is 2.38. The molecule has 2 N–H and O–H groups in total. The van der Waals surface area contributed by atoms with Crippen molar-refractivity contribution in [2.45, 2.75) is 6.67 Å². The zero-order valence-corrected chi connectivity index (χ0v) is 12.9. The highest BCUT2D eigenvalue weighted by molar-refractivity contribution is 5.96. The molecule has 0 radical (unpaired) electrons. The maximum Gasteiger partial charge on any atom is 0.331 e. The van der Waals surface area contributed by atoms with Crippen molar-refractivity contribution in [3.8, 4) is 5.88 Å². The van der Waals surface area contributed by atoms with Crippen LogP contribution in [0.3, 0.4) is 0 Å². The third-order valence-corrected chi connectivity index (χ3v) is 3.36. The first kappa shape index (κ1) is 15.0. The summed E-state index contributed by atoms with van der Waals surface area (Å²) in [5, 5.41) is 18.8. The number of hydrogen-bond acceptors (Lipinski definition) is 4. The summed E-state index contributed by atoms with van der Waals surface area (Å²) in [6, 6.07) is 10.6. The lowest BCUT2D eigenvalue weighted by molar-refractivity contribution is -0.882. The van der Waals surface area contributed by atoms with E-state index in [9.17, 15) is 9.90 Å². The molecule has 1 amide bonds. The number of nitrogens with one attached hydrogen (secondary N) is 1. The second-order valence-electron chi connectivity index (χ2n) is 5.47. The Labute approximate surface area is 132 Å². The van der Waals surface area contributed by atoms with Crippen LogP contribution in [0, 0.1) is 0 Å². The number of aromatic hydroxyl groups is 1. The van der Waals surface area contributed by atoms with Gasteiger partial charge in [0.1, 0.15) is 0 Å². The fourth-order valence-electron chi connectivity index (χ4n) is 2.39. The first-order chi connectivity index (χ1) is 11.1. The van der Waals surface area contributed by atoms with Gasteiger partial charge in [0.05, 0.1) is 25.9 Å². The summed E-state index contributed by atoms with van der Waals surface area (Å²) in [5.41, 5.74) is 1.12. The van der Waals surface area contributed by atoms with Crippen LogP contribution in [-0.4, -0.2) is 29.7 Å². The lowest BCUT2D eigenvalue weighted by atomic mass is 10.2. The molecule has 0 aliphatic rings. The SMILES string of the molecule is C[NH+](C)Cn1c(O)c(N=NC(=O)c2ccco2)c2ccccc21. The van der Waals surface area contributed by atoms with Gasteiger partial charge in [-0.3, -0.25) is 9.36 Å². The van der Waals surface area contributed by atoms with Gasteiger partial charge in [0.2, 0.25) is 5.88 Å². The highest BCUT2D eigenvalue weighted by atomic mass is 16.3. The van der Waals surface area contributed by atoms with Crippen molar-refractivity contribution in [1.82, 2.24) is 4.57 Å². The molecule has 118 valence electrons. The number of furan rings is 1. The molecule has 0 aliphatic heterocycles. The van der Waals surface area contributed by atoms with Crippen molar-refractivity contribution in [2.75, 3.05) is 14.1 Å². The molecule has 7 nitrogen and oxygen atoms in total. The van der Waals surface area contributed by atoms with Crippen LogP contribution in [0.25, 0.3) is 10.9 Å². The molecule has 0 saturated carbocycles. The van der Waals surface area contributed by atoms with Crippen LogP contribution in [0.1, 0.15) is 10.6 Å². The van der Waals surface area contributed by atoms with Gasteiger partial charge in [-0.05, 0) is 18.2 Å². The van der Waals surface area contributed by atoms with Crippen molar-refractivity contribution in [3.63, 3.8) is 0 Å². The fourth-order valence-corrected chi connectivity index (χ4v) is 2.39. The highest BCUT2D eigenvalue weighted by Gasteiger charge is 2.18. The molecule has 23 heavy (non-hydrogen) atoms. The van der Waals surface area contributed by atoms with Gasteiger partial charge in [-0.1, -0.05) is 18.2 Å². The number of carbonyl (C=O) groups excluding carboxylic acids is 1. The van der Waals surface area contributed by atoms with Crippen LogP contribution >= 0.6 is 0 Å². The Bertz CT molecular complexity index is 863. The van der Waals surface area contributed by atoms with E-state index in [1.165, 1.54) is 12.3 Å². The van der Waals surface area contributed by atoms with E-state index in [0.29, 0.717) is 6.67 Å². The lowest BCUT2D eigenvalue weighted by Gasteiger charge is -2.10. The zero-order chi connectivity index (χ0) is 16.4. The molecular weight excluding hydrogens is 296 g/mol. The maximum atomic E-state index is 11.9. The second-order valence-corrected chi connectivity index (χ2v) is 5.47. The molecule has 1 aromatic carbocycles. The fraction of sp³-hybridized carbons (Fsp3) is 0.188. The van der Waals surface area contributed by atoms with Crippen LogP contribution in [-0.2, 0) is 6.67 Å². The van der Waals surface area contributed by atoms with Crippen LogP contribution < -0.4 is 4.90 Å². The molecule has 2 aromatic heterocycles. The van der Waals surface area contributed by atoms with Gasteiger partial charge >= 0.3 is 5.91 Å². The summed E-state index contributed by atoms with van der Waals surface area (Å²) in [6.07, 6.45) is 1.39. The second kappa shape index (κ2) is 6.05. The molecule has 7 heteroatoms. The van der Waals surface area contributed by atoms with E-state index >= 15 is 0 Å². The topological polar surface area (TPSA) is 84.5 Å². The van der Waals surface area contributed by atoms with E-state index in [4.69, 9.17) is 4.42 Å². The van der Waals surface area contributed by atoms with Gasteiger partial charge in [0.15, 0.2) is 18.1 Å². The number of rotatable bonds is 4. The summed E-state index contributed by atoms with van der Waals surface area (Å²) < 4.78 is 6.73. The quantitative estimate of drug-likeness (QED) is 0.722. The van der Waals surface area contributed by atoms with E-state index in [-0.39, 0.29) is 17.3 Å². The van der Waals surface area contributed by atoms with E-state index in [1.807, 2.05) is 38.4 Å². The Kier molecular flexibility index (Phi) is 3.94. The number of para-hydroxylation sites is 1. The Morgan fingerprint density at radius 2 is 2.04 bits per heavy atom. The van der Waals surface area contributed by atoms with Gasteiger partial charge in [-0.2, -0.15) is 0 Å². The van der Waals surface area contributed by atoms with Crippen molar-refractivity contribution in [1.29, 1.82) is 0 Å². The van der Waals surface area contributed by atoms with Crippen LogP contribution in [0.15, 0.2) is 57.3 Å². The monoisotopic (exact) mass is 313 g/mol. The first-order valence-corrected chi connectivity index (χ1v) is 7.16. The number of amides is 1. The Morgan fingerprint density at radius 1 is 1.26 bits per heavy atom. The standard InChI is InChI=1S/C16H16N4O3/c1-19(2)10-20-12-7-4-3-6-11(12)14(16(20)22)17-18-15(21)13-8-5-9-23-13/h3-9,22H,10H2,1-2H3/p+1. The molecule has 0 atom stereocenters. The van der Waals surface area contributed by atoms with Gasteiger partial charge in [0.25, 0.3) is 0 Å². The Balaban J connectivity index is 2.03. The number of carbonyl (C=O) groups is 1. The third-order valence-electron chi connectivity index (χ3n) is 3.36. The smallest absolute Gasteiger partial charge is 0.331 e. The number of fused-ring (bicyclic) bond motifs is 1. The minimum atomic E-state index is -0.593. The van der Waals surface area contributed by atoms with Crippen LogP contribution in [0.4, 0.5) is 5.69 Å². The number of azo groups is 1. The van der Waals surface area contributed by atoms with Gasteiger partial charge in [-0.25, -0.2) is 0 Å². The molecule has 0 fully saturated rings. The Hall–Kier alpha value is -2.93. The summed E-state index contributed by atoms with van der Waals surface area (Å²) in [7, 11) is 3.96. The largest absolute Gasteiger partial charge is 0.493 e. The van der Waals surface area contributed by atoms with Gasteiger partial charge < -0.3 is 14.4 Å². The van der Waals surface area contributed by atoms with Crippen LogP contribution in [0.2, 0.25) is 0 Å². The van der Waals surface area contributed by atoms with Gasteiger partial charge in [0, 0.05) is 5.39 Å². The molecule has 0 saturated heterocycles. The van der Waals surface area contributed by atoms with Gasteiger partial charge in [-0.15, -0.1) is 10.2 Å². The van der Waals surface area contributed by atoms with Crippen molar-refractivity contribution >= 4 is 22.5 Å². The maximum absolute atomic E-state index is 11.9. The average Bonchev–Trinajstić information content (AvgIpc) is 3.14. The van der Waals surface area contributed by atoms with Crippen molar-refractivity contribution < 1.29 is 19.2 Å². The van der Waals surface area contributed by atoms with Crippen molar-refractivity contribution in [3.05, 3.63) is 48.4 Å². The van der Waals surface area contributed by atoms with Crippen LogP contribution in [0.5, 0.6) is 5.88 Å². The van der Waals surface area contributed by atoms with E-state index in [0.717, 1.165) is 15.8 Å². The number of nitrogens with zero attached hydrogens (tertiary/aromatic N) is 3. The normalized spacial score (nSPS) is 11.8. The third kappa shape index (κ3) is 2.86. The molecule has 3 aromatic rings. The molecule has 2 heterocycles. The minimum Gasteiger partial charge on any atom is -0.493 e. The number of benzene rings is 1. The number of aromatic nitrogens is 1. The predicted octanol–water partition coefficient (Wildman–Crippen LogP) is 1.97. The molecular formula is C16H17N4O3+. The number of hydrogen-bond donors (Lipinski definition) is 2. The molecule has 0 unspecified atom stereocenters. The summed E-state index contributed by atoms with van der Waals surface area (Å²) in [5.74, 6) is -0.498. The first-order valence-electron chi connectivity index (χ1n) is 7.16. The minimum absolute atomic E-state index is 0.0107. The molecule has 0 bridgehead atoms. The molecule has 3 rings (SSSR count). The molecule has 0 spiro atoms. The van der Waals surface area contributed by atoms with E-state index in [1.54, 1.807) is 10.6 Å². The molecule has 0 aliphatic carbocycles. The van der Waals surface area contributed by atoms with Crippen molar-refractivity contribution in [2.24, 2.45) is 10.2 Å². The van der Waals surface area contributed by atoms with E-state index < -0.39 is 5.91 Å². The average molecular weight is 313 g/mol. The summed E-state index contributed by atoms with van der Waals surface area (Å²) in [4.78, 5) is 13.0.